The molecule has 1 aliphatic rings. The monoisotopic (exact) mass is 328 g/mol. The second-order valence-electron chi connectivity index (χ2n) is 5.39. The fraction of sp³-hybridized carbons (Fsp3) is 0.571. The molecule has 0 radical (unpaired) electrons. The van der Waals surface area contributed by atoms with Gasteiger partial charge in [0.15, 0.2) is 0 Å². The van der Waals surface area contributed by atoms with Crippen molar-refractivity contribution < 1.29 is 0 Å². The molecule has 1 saturated heterocycles. The fourth-order valence-electron chi connectivity index (χ4n) is 2.53. The Morgan fingerprint density at radius 1 is 1.50 bits per heavy atom. The topological polar surface area (TPSA) is 29.3 Å². The lowest BCUT2D eigenvalue weighted by Crippen LogP contribution is -2.46. The molecule has 1 aliphatic heterocycles. The molecule has 0 bridgehead atoms. The third-order valence-corrected chi connectivity index (χ3v) is 5.14. The van der Waals surface area contributed by atoms with Crippen molar-refractivity contribution >= 4 is 27.7 Å². The highest BCUT2D eigenvalue weighted by atomic mass is 79.9. The van der Waals surface area contributed by atoms with Gasteiger partial charge in [-0.1, -0.05) is 28.1 Å². The Morgan fingerprint density at radius 2 is 2.28 bits per heavy atom. The zero-order valence-corrected chi connectivity index (χ0v) is 13.4. The summed E-state index contributed by atoms with van der Waals surface area (Å²) in [5.41, 5.74) is 7.32. The van der Waals surface area contributed by atoms with Crippen molar-refractivity contribution in [2.24, 2.45) is 5.73 Å². The summed E-state index contributed by atoms with van der Waals surface area (Å²) in [5.74, 6) is 1.19. The molecule has 18 heavy (non-hydrogen) atoms. The van der Waals surface area contributed by atoms with Crippen LogP contribution in [-0.2, 0) is 0 Å². The summed E-state index contributed by atoms with van der Waals surface area (Å²) < 4.78 is 1.46. The molecule has 1 heterocycles. The van der Waals surface area contributed by atoms with Crippen LogP contribution in [0.25, 0.3) is 0 Å². The summed E-state index contributed by atoms with van der Waals surface area (Å²) in [7, 11) is 0. The number of benzene rings is 1. The SMILES string of the molecule is CC1(C)CN(C(CN)c2cccc(Br)c2)CCS1. The largest absolute Gasteiger partial charge is 0.329 e. The number of thioether (sulfide) groups is 1. The zero-order valence-electron chi connectivity index (χ0n) is 11.0. The van der Waals surface area contributed by atoms with Crippen molar-refractivity contribution in [3.05, 3.63) is 34.3 Å². The second-order valence-corrected chi connectivity index (χ2v) is 8.10. The van der Waals surface area contributed by atoms with Crippen LogP contribution in [0.15, 0.2) is 28.7 Å². The van der Waals surface area contributed by atoms with Gasteiger partial charge in [0.1, 0.15) is 0 Å². The van der Waals surface area contributed by atoms with E-state index in [1.165, 1.54) is 11.3 Å². The van der Waals surface area contributed by atoms with E-state index in [-0.39, 0.29) is 0 Å². The van der Waals surface area contributed by atoms with Gasteiger partial charge in [-0.3, -0.25) is 4.90 Å². The number of nitrogens with zero attached hydrogens (tertiary/aromatic N) is 1. The molecule has 0 aromatic heterocycles. The van der Waals surface area contributed by atoms with E-state index < -0.39 is 0 Å². The highest BCUT2D eigenvalue weighted by molar-refractivity contribution is 9.10. The first-order valence-corrected chi connectivity index (χ1v) is 8.13. The summed E-state index contributed by atoms with van der Waals surface area (Å²) in [4.78, 5) is 2.53. The molecule has 1 fully saturated rings. The van der Waals surface area contributed by atoms with Crippen molar-refractivity contribution in [1.29, 1.82) is 0 Å². The molecule has 1 aromatic rings. The Hall–Kier alpha value is -0.0300. The highest BCUT2D eigenvalue weighted by Gasteiger charge is 2.31. The van der Waals surface area contributed by atoms with Gasteiger partial charge in [0.05, 0.1) is 0 Å². The average Bonchev–Trinajstić information content (AvgIpc) is 2.29. The fourth-order valence-corrected chi connectivity index (χ4v) is 4.08. The average molecular weight is 329 g/mol. The Labute approximate surface area is 122 Å². The predicted octanol–water partition coefficient (Wildman–Crippen LogP) is 3.28. The minimum atomic E-state index is 0.331. The molecule has 0 amide bonds. The Morgan fingerprint density at radius 3 is 2.89 bits per heavy atom. The summed E-state index contributed by atoms with van der Waals surface area (Å²) in [6, 6.07) is 8.85. The van der Waals surface area contributed by atoms with E-state index in [1.54, 1.807) is 0 Å². The molecule has 2 N–H and O–H groups in total. The van der Waals surface area contributed by atoms with Gasteiger partial charge in [0, 0.05) is 40.6 Å². The van der Waals surface area contributed by atoms with Crippen LogP contribution in [0, 0.1) is 0 Å². The molecular formula is C14H21BrN2S. The van der Waals surface area contributed by atoms with Crippen LogP contribution in [0.1, 0.15) is 25.5 Å². The Balaban J connectivity index is 2.18. The normalized spacial score (nSPS) is 21.8. The third kappa shape index (κ3) is 3.50. The number of nitrogens with two attached hydrogens (primary N) is 1. The molecule has 1 atom stereocenters. The van der Waals surface area contributed by atoms with Crippen LogP contribution < -0.4 is 5.73 Å². The maximum Gasteiger partial charge on any atom is 0.0471 e. The molecule has 2 rings (SSSR count). The quantitative estimate of drug-likeness (QED) is 0.923. The van der Waals surface area contributed by atoms with Crippen molar-refractivity contribution in [2.75, 3.05) is 25.4 Å². The Bertz CT molecular complexity index is 409. The van der Waals surface area contributed by atoms with E-state index in [2.05, 4.69) is 70.7 Å². The lowest BCUT2D eigenvalue weighted by Gasteiger charge is -2.41. The molecule has 2 nitrogen and oxygen atoms in total. The minimum absolute atomic E-state index is 0.331. The first-order chi connectivity index (χ1) is 8.52. The van der Waals surface area contributed by atoms with Crippen LogP contribution in [0.2, 0.25) is 0 Å². The lowest BCUT2D eigenvalue weighted by molar-refractivity contribution is 0.192. The summed E-state index contributed by atoms with van der Waals surface area (Å²) in [5, 5.41) is 0. The summed E-state index contributed by atoms with van der Waals surface area (Å²) in [6.07, 6.45) is 0. The van der Waals surface area contributed by atoms with Crippen LogP contribution in [0.4, 0.5) is 0 Å². The van der Waals surface area contributed by atoms with Gasteiger partial charge >= 0.3 is 0 Å². The molecule has 0 saturated carbocycles. The van der Waals surface area contributed by atoms with E-state index >= 15 is 0 Å². The van der Waals surface area contributed by atoms with E-state index in [4.69, 9.17) is 5.73 Å². The first-order valence-electron chi connectivity index (χ1n) is 6.35. The van der Waals surface area contributed by atoms with Crippen molar-refractivity contribution in [3.63, 3.8) is 0 Å². The van der Waals surface area contributed by atoms with Gasteiger partial charge in [-0.15, -0.1) is 0 Å². The smallest absolute Gasteiger partial charge is 0.0471 e. The van der Waals surface area contributed by atoms with Crippen LogP contribution in [0.3, 0.4) is 0 Å². The Kier molecular flexibility index (Phi) is 4.75. The maximum absolute atomic E-state index is 6.01. The van der Waals surface area contributed by atoms with Gasteiger partial charge in [-0.05, 0) is 31.5 Å². The molecule has 100 valence electrons. The molecule has 1 unspecified atom stereocenters. The number of halogens is 1. The van der Waals surface area contributed by atoms with Crippen molar-refractivity contribution in [3.8, 4) is 0 Å². The third-order valence-electron chi connectivity index (χ3n) is 3.35. The number of hydrogen-bond acceptors (Lipinski definition) is 3. The molecule has 0 aliphatic carbocycles. The summed E-state index contributed by atoms with van der Waals surface area (Å²) in [6.45, 7) is 7.54. The van der Waals surface area contributed by atoms with Gasteiger partial charge in [-0.25, -0.2) is 0 Å². The van der Waals surface area contributed by atoms with E-state index in [0.717, 1.165) is 17.6 Å². The maximum atomic E-state index is 6.01. The van der Waals surface area contributed by atoms with Crippen LogP contribution >= 0.6 is 27.7 Å². The predicted molar refractivity (Wildman–Crippen MR) is 84.0 cm³/mol. The standard InChI is InChI=1S/C14H21BrN2S/c1-14(2)10-17(6-7-18-14)13(9-16)11-4-3-5-12(15)8-11/h3-5,8,13H,6-7,9-10,16H2,1-2H3. The van der Waals surface area contributed by atoms with Crippen molar-refractivity contribution in [1.82, 2.24) is 4.90 Å². The minimum Gasteiger partial charge on any atom is -0.329 e. The molecule has 4 heteroatoms. The number of hydrogen-bond donors (Lipinski definition) is 1. The van der Waals surface area contributed by atoms with E-state index in [9.17, 15) is 0 Å². The summed E-state index contributed by atoms with van der Waals surface area (Å²) >= 11 is 5.60. The number of rotatable bonds is 3. The molecule has 0 spiro atoms. The van der Waals surface area contributed by atoms with Gasteiger partial charge in [0.25, 0.3) is 0 Å². The molecule has 1 aromatic carbocycles. The highest BCUT2D eigenvalue weighted by Crippen LogP contribution is 2.34. The van der Waals surface area contributed by atoms with E-state index in [0.29, 0.717) is 17.3 Å². The molecular weight excluding hydrogens is 308 g/mol. The first kappa shape index (κ1) is 14.4. The van der Waals surface area contributed by atoms with E-state index in [1.807, 2.05) is 0 Å². The van der Waals surface area contributed by atoms with Crippen LogP contribution in [-0.4, -0.2) is 35.0 Å². The van der Waals surface area contributed by atoms with Gasteiger partial charge in [-0.2, -0.15) is 11.8 Å². The van der Waals surface area contributed by atoms with Gasteiger partial charge in [0.2, 0.25) is 0 Å². The zero-order chi connectivity index (χ0) is 13.2. The van der Waals surface area contributed by atoms with Gasteiger partial charge < -0.3 is 5.73 Å². The van der Waals surface area contributed by atoms with Crippen LogP contribution in [0.5, 0.6) is 0 Å². The second kappa shape index (κ2) is 5.95. The van der Waals surface area contributed by atoms with Crippen molar-refractivity contribution in [2.45, 2.75) is 24.6 Å². The lowest BCUT2D eigenvalue weighted by atomic mass is 10.0.